The number of rotatable bonds is 4. The Balaban J connectivity index is 1.39. The molecule has 2 aliphatic rings. The van der Waals surface area contributed by atoms with Gasteiger partial charge in [-0.15, -0.1) is 0 Å². The van der Waals surface area contributed by atoms with Crippen LogP contribution in [0, 0.1) is 11.3 Å². The molecule has 5 rings (SSSR count). The number of anilines is 1. The number of carbonyl (C=O) groups is 2. The molecule has 156 valence electrons. The van der Waals surface area contributed by atoms with Gasteiger partial charge in [-0.1, -0.05) is 6.07 Å². The minimum absolute atomic E-state index is 0.0283. The monoisotopic (exact) mass is 415 g/mol. The number of primary amides is 1. The van der Waals surface area contributed by atoms with E-state index in [0.717, 1.165) is 25.7 Å². The van der Waals surface area contributed by atoms with Gasteiger partial charge in [-0.05, 0) is 43.9 Å². The summed E-state index contributed by atoms with van der Waals surface area (Å²) >= 11 is 0. The maximum absolute atomic E-state index is 13.2. The normalized spacial score (nSPS) is 22.3. The smallest absolute Gasteiger partial charge is 0.254 e. The summed E-state index contributed by atoms with van der Waals surface area (Å²) in [5.41, 5.74) is 8.65. The van der Waals surface area contributed by atoms with E-state index >= 15 is 0 Å². The molecule has 4 N–H and O–H groups in total. The molecule has 1 aromatic carbocycles. The lowest BCUT2D eigenvalue weighted by molar-refractivity contribution is 0.0583. The molecule has 4 heterocycles. The highest BCUT2D eigenvalue weighted by Gasteiger charge is 2.43. The average molecular weight is 415 g/mol. The van der Waals surface area contributed by atoms with Gasteiger partial charge in [0, 0.05) is 29.9 Å². The summed E-state index contributed by atoms with van der Waals surface area (Å²) in [7, 11) is 0. The quantitative estimate of drug-likeness (QED) is 0.596. The van der Waals surface area contributed by atoms with E-state index < -0.39 is 5.91 Å². The van der Waals surface area contributed by atoms with Crippen LogP contribution in [0.4, 0.5) is 5.69 Å². The molecular weight excluding hydrogens is 394 g/mol. The lowest BCUT2D eigenvalue weighted by Gasteiger charge is -2.39. The van der Waals surface area contributed by atoms with Crippen molar-refractivity contribution in [3.05, 3.63) is 53.5 Å². The maximum Gasteiger partial charge on any atom is 0.254 e. The second-order valence-corrected chi connectivity index (χ2v) is 8.11. The van der Waals surface area contributed by atoms with Crippen molar-refractivity contribution in [3.63, 3.8) is 0 Å². The van der Waals surface area contributed by atoms with E-state index in [1.54, 1.807) is 24.3 Å². The van der Waals surface area contributed by atoms with Crippen molar-refractivity contribution >= 4 is 28.7 Å². The van der Waals surface area contributed by atoms with Crippen LogP contribution in [0.15, 0.2) is 36.8 Å². The second-order valence-electron chi connectivity index (χ2n) is 8.11. The van der Waals surface area contributed by atoms with Crippen LogP contribution in [0.3, 0.4) is 0 Å². The number of carbonyl (C=O) groups excluding carboxylic acids is 2. The number of nitrogens with one attached hydrogen (secondary N) is 2. The van der Waals surface area contributed by atoms with E-state index in [2.05, 4.69) is 26.3 Å². The third-order valence-corrected chi connectivity index (χ3v) is 6.27. The summed E-state index contributed by atoms with van der Waals surface area (Å²) in [6.07, 6.45) is 6.38. The van der Waals surface area contributed by atoms with E-state index in [1.165, 1.54) is 12.5 Å². The molecule has 2 bridgehead atoms. The molecule has 0 unspecified atom stereocenters. The number of hydrogen-bond donors (Lipinski definition) is 3. The van der Waals surface area contributed by atoms with Gasteiger partial charge < -0.3 is 20.9 Å². The van der Waals surface area contributed by atoms with Crippen LogP contribution >= 0.6 is 0 Å². The fourth-order valence-electron chi connectivity index (χ4n) is 4.92. The summed E-state index contributed by atoms with van der Waals surface area (Å²) in [5.74, 6) is -0.590. The molecule has 9 heteroatoms. The first-order valence-corrected chi connectivity index (χ1v) is 10.3. The lowest BCUT2D eigenvalue weighted by Crippen LogP contribution is -2.49. The number of hydrogen-bond acceptors (Lipinski definition) is 6. The number of nitrogens with two attached hydrogens (primary N) is 1. The van der Waals surface area contributed by atoms with E-state index in [0.29, 0.717) is 33.5 Å². The van der Waals surface area contributed by atoms with Gasteiger partial charge in [0.25, 0.3) is 11.8 Å². The van der Waals surface area contributed by atoms with Gasteiger partial charge in [-0.2, -0.15) is 5.26 Å². The van der Waals surface area contributed by atoms with Gasteiger partial charge >= 0.3 is 0 Å². The Kier molecular flexibility index (Phi) is 4.55. The number of aromatic nitrogens is 3. The van der Waals surface area contributed by atoms with Crippen LogP contribution in [0.25, 0.3) is 11.2 Å². The van der Waals surface area contributed by atoms with Crippen molar-refractivity contribution in [2.24, 2.45) is 5.73 Å². The Morgan fingerprint density at radius 3 is 2.71 bits per heavy atom. The summed E-state index contributed by atoms with van der Waals surface area (Å²) in [5, 5.41) is 12.6. The van der Waals surface area contributed by atoms with Gasteiger partial charge in [0.1, 0.15) is 5.52 Å². The predicted octanol–water partition coefficient (Wildman–Crippen LogP) is 2.18. The molecule has 9 nitrogen and oxygen atoms in total. The van der Waals surface area contributed by atoms with Crippen molar-refractivity contribution in [2.75, 3.05) is 5.32 Å². The van der Waals surface area contributed by atoms with E-state index in [9.17, 15) is 9.59 Å². The van der Waals surface area contributed by atoms with Crippen LogP contribution in [-0.2, 0) is 0 Å². The third kappa shape index (κ3) is 3.26. The van der Waals surface area contributed by atoms with Crippen molar-refractivity contribution in [2.45, 2.75) is 43.8 Å². The van der Waals surface area contributed by atoms with Crippen molar-refractivity contribution in [3.8, 4) is 6.07 Å². The highest BCUT2D eigenvalue weighted by atomic mass is 16.2. The highest BCUT2D eigenvalue weighted by Crippen LogP contribution is 2.38. The molecule has 2 fully saturated rings. The number of nitrogens with zero attached hydrogens (tertiary/aromatic N) is 4. The zero-order valence-corrected chi connectivity index (χ0v) is 16.7. The van der Waals surface area contributed by atoms with Crippen LogP contribution in [0.1, 0.15) is 52.0 Å². The zero-order chi connectivity index (χ0) is 21.5. The molecule has 3 atom stereocenters. The average Bonchev–Trinajstić information content (AvgIpc) is 3.36. The number of imidazole rings is 1. The molecule has 3 aromatic rings. The number of pyridine rings is 1. The fourth-order valence-corrected chi connectivity index (χ4v) is 4.92. The van der Waals surface area contributed by atoms with Gasteiger partial charge in [-0.25, -0.2) is 9.97 Å². The Morgan fingerprint density at radius 1 is 1.23 bits per heavy atom. The summed E-state index contributed by atoms with van der Waals surface area (Å²) in [6.45, 7) is 0. The first-order valence-electron chi connectivity index (χ1n) is 10.3. The minimum atomic E-state index is -0.562. The first-order chi connectivity index (χ1) is 15.0. The minimum Gasteiger partial charge on any atom is -0.380 e. The molecule has 0 aliphatic carbocycles. The third-order valence-electron chi connectivity index (χ3n) is 6.27. The number of benzene rings is 1. The molecule has 2 aromatic heterocycles. The Bertz CT molecular complexity index is 1210. The number of amides is 2. The van der Waals surface area contributed by atoms with E-state index in [4.69, 9.17) is 11.0 Å². The Morgan fingerprint density at radius 2 is 2.00 bits per heavy atom. The highest BCUT2D eigenvalue weighted by molar-refractivity contribution is 6.04. The van der Waals surface area contributed by atoms with Crippen molar-refractivity contribution in [1.82, 2.24) is 19.9 Å². The van der Waals surface area contributed by atoms with Gasteiger partial charge in [0.2, 0.25) is 0 Å². The molecular formula is C22H21N7O2. The van der Waals surface area contributed by atoms with Crippen LogP contribution in [0.5, 0.6) is 0 Å². The largest absolute Gasteiger partial charge is 0.380 e. The topological polar surface area (TPSA) is 141 Å². The molecule has 2 aliphatic heterocycles. The van der Waals surface area contributed by atoms with Crippen LogP contribution in [-0.4, -0.2) is 49.8 Å². The molecule has 2 saturated heterocycles. The van der Waals surface area contributed by atoms with Gasteiger partial charge in [0.05, 0.1) is 29.2 Å². The van der Waals surface area contributed by atoms with Crippen molar-refractivity contribution in [1.29, 1.82) is 5.26 Å². The van der Waals surface area contributed by atoms with Crippen molar-refractivity contribution < 1.29 is 9.59 Å². The summed E-state index contributed by atoms with van der Waals surface area (Å²) < 4.78 is 0. The maximum atomic E-state index is 13.2. The fraction of sp³-hybridized carbons (Fsp3) is 0.318. The Labute approximate surface area is 178 Å². The van der Waals surface area contributed by atoms with Crippen LogP contribution < -0.4 is 11.1 Å². The summed E-state index contributed by atoms with van der Waals surface area (Å²) in [6, 6.07) is 9.22. The number of nitriles is 1. The zero-order valence-electron chi connectivity index (χ0n) is 16.7. The number of H-pyrrole nitrogens is 1. The molecule has 0 spiro atoms. The molecule has 2 amide bonds. The first kappa shape index (κ1) is 19.1. The second kappa shape index (κ2) is 7.40. The molecule has 0 saturated carbocycles. The Hall–Kier alpha value is -3.93. The number of fused-ring (bicyclic) bond motifs is 3. The van der Waals surface area contributed by atoms with E-state index in [-0.39, 0.29) is 24.0 Å². The van der Waals surface area contributed by atoms with Gasteiger partial charge in [-0.3, -0.25) is 9.59 Å². The summed E-state index contributed by atoms with van der Waals surface area (Å²) in [4.78, 5) is 38.6. The molecule has 31 heavy (non-hydrogen) atoms. The molecule has 0 radical (unpaired) electrons. The SMILES string of the molecule is N#Cc1cccc(C(=O)N2[C@@H]3CC[C@H]2C[C@H](Nc2c(C(N)=O)cnc4[nH]cnc24)C3)c1. The van der Waals surface area contributed by atoms with Crippen LogP contribution in [0.2, 0.25) is 0 Å². The number of aromatic amines is 1. The standard InChI is InChI=1S/C22H21N7O2/c23-9-12-2-1-3-13(6-12)22(31)29-15-4-5-16(29)8-14(7-15)28-18-17(20(24)30)10-25-21-19(18)26-11-27-21/h1-3,6,10-11,14-16H,4-5,7-8H2,(H2,24,30)(H2,25,26,27,28)/t14-,15-,16+. The van der Waals surface area contributed by atoms with E-state index in [1.807, 2.05) is 4.90 Å². The predicted molar refractivity (Wildman–Crippen MR) is 113 cm³/mol. The lowest BCUT2D eigenvalue weighted by atomic mass is 9.95. The number of piperidine rings is 1. The van der Waals surface area contributed by atoms with Gasteiger partial charge in [0.15, 0.2) is 5.65 Å².